The molecule has 4 saturated carbocycles. The van der Waals surface area contributed by atoms with E-state index in [-0.39, 0.29) is 27.8 Å². The van der Waals surface area contributed by atoms with Gasteiger partial charge in [-0.25, -0.2) is 0 Å². The zero-order valence-electron chi connectivity index (χ0n) is 23.5. The van der Waals surface area contributed by atoms with Crippen LogP contribution in [0, 0.1) is 38.9 Å². The Labute approximate surface area is 209 Å². The molecule has 0 aromatic rings. The summed E-state index contributed by atoms with van der Waals surface area (Å²) in [6, 6.07) is 0. The molecular formula is C32H50O2. The molecule has 7 unspecified atom stereocenters. The number of fused-ring (bicyclic) bond motifs is 6. The average molecular weight is 467 g/mol. The Morgan fingerprint density at radius 1 is 0.882 bits per heavy atom. The molecule has 190 valence electrons. The molecule has 34 heavy (non-hydrogen) atoms. The van der Waals surface area contributed by atoms with Crippen molar-refractivity contribution in [1.29, 1.82) is 0 Å². The highest BCUT2D eigenvalue weighted by atomic mass is 16.6. The lowest BCUT2D eigenvalue weighted by Crippen LogP contribution is -2.73. The van der Waals surface area contributed by atoms with Crippen LogP contribution >= 0.6 is 0 Å². The number of carbonyl (C=O) groups is 1. The third kappa shape index (κ3) is 2.78. The monoisotopic (exact) mass is 466 g/mol. The smallest absolute Gasteiger partial charge is 0.303 e. The highest BCUT2D eigenvalue weighted by molar-refractivity contribution is 5.67. The minimum atomic E-state index is -0.379. The van der Waals surface area contributed by atoms with Crippen LogP contribution in [0.3, 0.4) is 0 Å². The molecule has 2 heteroatoms. The number of esters is 1. The SMILES string of the molecule is C=C(C)C1CCC2(C)CCC3(C)C(=C12)CCC1(OC(C)=O)C2(C)CCCC(C)(C)C2CCC31C. The molecule has 0 N–H and O–H groups in total. The van der Waals surface area contributed by atoms with Gasteiger partial charge in [0.1, 0.15) is 5.60 Å². The Bertz CT molecular complexity index is 956. The molecule has 0 aliphatic heterocycles. The average Bonchev–Trinajstić information content (AvgIpc) is 3.07. The quantitative estimate of drug-likeness (QED) is 0.300. The second-order valence-electron chi connectivity index (χ2n) is 14.8. The van der Waals surface area contributed by atoms with Crippen molar-refractivity contribution >= 4 is 5.97 Å². The molecule has 5 aliphatic carbocycles. The maximum atomic E-state index is 12.9. The third-order valence-electron chi connectivity index (χ3n) is 13.0. The predicted octanol–water partition coefficient (Wildman–Crippen LogP) is 8.80. The van der Waals surface area contributed by atoms with Gasteiger partial charge in [0, 0.05) is 23.7 Å². The summed E-state index contributed by atoms with van der Waals surface area (Å²) >= 11 is 0. The van der Waals surface area contributed by atoms with Crippen LogP contribution in [0.15, 0.2) is 23.3 Å². The van der Waals surface area contributed by atoms with Gasteiger partial charge in [-0.2, -0.15) is 0 Å². The fourth-order valence-electron chi connectivity index (χ4n) is 11.2. The van der Waals surface area contributed by atoms with Crippen molar-refractivity contribution in [1.82, 2.24) is 0 Å². The van der Waals surface area contributed by atoms with E-state index >= 15 is 0 Å². The van der Waals surface area contributed by atoms with Crippen LogP contribution in [0.25, 0.3) is 0 Å². The van der Waals surface area contributed by atoms with Crippen molar-refractivity contribution in [2.75, 3.05) is 0 Å². The van der Waals surface area contributed by atoms with E-state index in [9.17, 15) is 4.79 Å². The second kappa shape index (κ2) is 7.25. The Balaban J connectivity index is 1.73. The molecule has 0 amide bonds. The number of hydrogen-bond acceptors (Lipinski definition) is 2. The summed E-state index contributed by atoms with van der Waals surface area (Å²) in [5.74, 6) is 1.09. The largest absolute Gasteiger partial charge is 0.458 e. The van der Waals surface area contributed by atoms with Crippen molar-refractivity contribution in [2.24, 2.45) is 38.9 Å². The first-order chi connectivity index (χ1) is 15.7. The minimum Gasteiger partial charge on any atom is -0.458 e. The lowest BCUT2D eigenvalue weighted by molar-refractivity contribution is -0.293. The van der Waals surface area contributed by atoms with Crippen molar-refractivity contribution in [3.63, 3.8) is 0 Å². The van der Waals surface area contributed by atoms with Crippen LogP contribution in [-0.2, 0) is 9.53 Å². The van der Waals surface area contributed by atoms with Crippen LogP contribution in [0.1, 0.15) is 126 Å². The van der Waals surface area contributed by atoms with E-state index < -0.39 is 0 Å². The minimum absolute atomic E-state index is 0.0333. The Kier molecular flexibility index (Phi) is 5.26. The van der Waals surface area contributed by atoms with Gasteiger partial charge in [-0.15, -0.1) is 0 Å². The van der Waals surface area contributed by atoms with Crippen molar-refractivity contribution < 1.29 is 9.53 Å². The van der Waals surface area contributed by atoms with Crippen molar-refractivity contribution in [3.8, 4) is 0 Å². The molecule has 4 fully saturated rings. The summed E-state index contributed by atoms with van der Waals surface area (Å²) in [7, 11) is 0. The molecule has 0 saturated heterocycles. The fourth-order valence-corrected chi connectivity index (χ4v) is 11.2. The van der Waals surface area contributed by atoms with Crippen molar-refractivity contribution in [2.45, 2.75) is 132 Å². The van der Waals surface area contributed by atoms with Gasteiger partial charge in [-0.1, -0.05) is 71.3 Å². The Morgan fingerprint density at radius 2 is 1.59 bits per heavy atom. The van der Waals surface area contributed by atoms with Gasteiger partial charge in [-0.3, -0.25) is 4.79 Å². The zero-order valence-corrected chi connectivity index (χ0v) is 23.5. The molecule has 0 spiro atoms. The maximum Gasteiger partial charge on any atom is 0.303 e. The normalized spacial score (nSPS) is 49.4. The van der Waals surface area contributed by atoms with E-state index in [0.29, 0.717) is 22.7 Å². The highest BCUT2D eigenvalue weighted by Gasteiger charge is 2.75. The number of ether oxygens (including phenoxy) is 1. The van der Waals surface area contributed by atoms with E-state index in [0.717, 1.165) is 12.8 Å². The molecule has 7 atom stereocenters. The molecule has 5 rings (SSSR count). The van der Waals surface area contributed by atoms with E-state index in [2.05, 4.69) is 55.0 Å². The number of carbonyl (C=O) groups excluding carboxylic acids is 1. The standard InChI is InChI=1S/C32H50O2/c1-21(2)23-11-16-28(6)19-20-29(7)24(26(23)28)12-18-32(34-22(3)33)30(8)15-10-14-27(4,5)25(30)13-17-31(29,32)9/h23,25H,1,10-20H2,2-9H3. The lowest BCUT2D eigenvalue weighted by atomic mass is 9.32. The van der Waals surface area contributed by atoms with E-state index in [4.69, 9.17) is 4.74 Å². The fraction of sp³-hybridized carbons (Fsp3) is 0.844. The topological polar surface area (TPSA) is 26.3 Å². The van der Waals surface area contributed by atoms with Crippen LogP contribution in [0.4, 0.5) is 0 Å². The van der Waals surface area contributed by atoms with E-state index in [1.807, 2.05) is 0 Å². The molecule has 5 aliphatic rings. The molecule has 2 nitrogen and oxygen atoms in total. The maximum absolute atomic E-state index is 12.9. The Hall–Kier alpha value is -1.05. The van der Waals surface area contributed by atoms with Crippen LogP contribution in [-0.4, -0.2) is 11.6 Å². The molecule has 0 radical (unpaired) electrons. The summed E-state index contributed by atoms with van der Waals surface area (Å²) in [5.41, 5.74) is 5.21. The molecule has 0 aromatic heterocycles. The number of allylic oxidation sites excluding steroid dienone is 3. The first kappa shape index (κ1) is 24.6. The van der Waals surface area contributed by atoms with Gasteiger partial charge < -0.3 is 4.74 Å². The van der Waals surface area contributed by atoms with Gasteiger partial charge in [0.25, 0.3) is 0 Å². The lowest BCUT2D eigenvalue weighted by Gasteiger charge is -2.74. The number of hydrogen-bond donors (Lipinski definition) is 0. The first-order valence-electron chi connectivity index (χ1n) is 14.3. The molecule has 0 bridgehead atoms. The van der Waals surface area contributed by atoms with Crippen LogP contribution in [0.5, 0.6) is 0 Å². The summed E-state index contributed by atoms with van der Waals surface area (Å²) < 4.78 is 6.80. The molecular weight excluding hydrogens is 416 g/mol. The summed E-state index contributed by atoms with van der Waals surface area (Å²) in [5, 5.41) is 0. The van der Waals surface area contributed by atoms with Gasteiger partial charge in [-0.05, 0) is 93.3 Å². The third-order valence-corrected chi connectivity index (χ3v) is 13.0. The summed E-state index contributed by atoms with van der Waals surface area (Å²) in [6.07, 6.45) is 13.3. The second-order valence-corrected chi connectivity index (χ2v) is 14.8. The highest BCUT2D eigenvalue weighted by Crippen LogP contribution is 2.78. The van der Waals surface area contributed by atoms with Crippen LogP contribution in [0.2, 0.25) is 0 Å². The zero-order chi connectivity index (χ0) is 24.9. The van der Waals surface area contributed by atoms with Crippen LogP contribution < -0.4 is 0 Å². The van der Waals surface area contributed by atoms with Crippen molar-refractivity contribution in [3.05, 3.63) is 23.3 Å². The van der Waals surface area contributed by atoms with E-state index in [1.165, 1.54) is 63.4 Å². The number of rotatable bonds is 2. The van der Waals surface area contributed by atoms with Gasteiger partial charge in [0.05, 0.1) is 0 Å². The first-order valence-corrected chi connectivity index (χ1v) is 14.3. The Morgan fingerprint density at radius 3 is 2.24 bits per heavy atom. The molecule has 0 aromatic carbocycles. The summed E-state index contributed by atoms with van der Waals surface area (Å²) in [6.45, 7) is 23.5. The molecule has 0 heterocycles. The van der Waals surface area contributed by atoms with E-state index in [1.54, 1.807) is 18.1 Å². The van der Waals surface area contributed by atoms with Gasteiger partial charge in [0.15, 0.2) is 0 Å². The van der Waals surface area contributed by atoms with Gasteiger partial charge >= 0.3 is 5.97 Å². The predicted molar refractivity (Wildman–Crippen MR) is 140 cm³/mol. The van der Waals surface area contributed by atoms with Gasteiger partial charge in [0.2, 0.25) is 0 Å². The summed E-state index contributed by atoms with van der Waals surface area (Å²) in [4.78, 5) is 12.9.